The van der Waals surface area contributed by atoms with Crippen molar-refractivity contribution in [3.8, 4) is 5.75 Å². The highest BCUT2D eigenvalue weighted by Crippen LogP contribution is 2.65. The fraction of sp³-hybridized carbons (Fsp3) is 0.379. The number of esters is 1. The van der Waals surface area contributed by atoms with E-state index in [0.29, 0.717) is 17.5 Å². The summed E-state index contributed by atoms with van der Waals surface area (Å²) in [6.45, 7) is 2.23. The summed E-state index contributed by atoms with van der Waals surface area (Å²) in [6.07, 6.45) is 5.49. The molecule has 4 aliphatic carbocycles. The monoisotopic (exact) mass is 482 g/mol. The van der Waals surface area contributed by atoms with Crippen LogP contribution in [-0.4, -0.2) is 30.2 Å². The Hall–Kier alpha value is -3.74. The molecule has 7 heteroatoms. The van der Waals surface area contributed by atoms with Crippen LogP contribution in [0.4, 0.5) is 11.4 Å². The lowest BCUT2D eigenvalue weighted by Crippen LogP contribution is -2.40. The predicted octanol–water partition coefficient (Wildman–Crippen LogP) is 3.51. The molecule has 0 unspecified atom stereocenters. The smallest absolute Gasteiger partial charge is 0.316 e. The molecule has 2 aliphatic heterocycles. The molecule has 7 nitrogen and oxygen atoms in total. The van der Waals surface area contributed by atoms with Gasteiger partial charge in [-0.05, 0) is 61.3 Å². The van der Waals surface area contributed by atoms with Crippen LogP contribution in [-0.2, 0) is 19.2 Å². The molecule has 8 rings (SSSR count). The molecule has 36 heavy (non-hydrogen) atoms. The van der Waals surface area contributed by atoms with Crippen molar-refractivity contribution in [3.63, 3.8) is 0 Å². The van der Waals surface area contributed by atoms with Gasteiger partial charge >= 0.3 is 5.97 Å². The highest BCUT2D eigenvalue weighted by molar-refractivity contribution is 6.22. The van der Waals surface area contributed by atoms with Gasteiger partial charge in [-0.15, -0.1) is 0 Å². The number of imide groups is 1. The number of aryl methyl sites for hydroxylation is 1. The Bertz CT molecular complexity index is 1310. The molecule has 4 fully saturated rings. The minimum atomic E-state index is -0.589. The van der Waals surface area contributed by atoms with E-state index < -0.39 is 11.9 Å². The molecule has 0 spiro atoms. The van der Waals surface area contributed by atoms with Crippen molar-refractivity contribution in [2.75, 3.05) is 16.3 Å². The molecule has 3 amide bonds. The van der Waals surface area contributed by atoms with Crippen LogP contribution in [0.1, 0.15) is 18.4 Å². The van der Waals surface area contributed by atoms with E-state index in [2.05, 4.69) is 12.2 Å². The first kappa shape index (κ1) is 21.5. The van der Waals surface area contributed by atoms with Crippen molar-refractivity contribution < 1.29 is 23.9 Å². The van der Waals surface area contributed by atoms with Gasteiger partial charge in [0, 0.05) is 24.7 Å². The number of amides is 3. The summed E-state index contributed by atoms with van der Waals surface area (Å²) in [5, 5.41) is 0. The first-order valence-corrected chi connectivity index (χ1v) is 12.7. The zero-order valence-corrected chi connectivity index (χ0v) is 19.9. The molecule has 2 saturated carbocycles. The zero-order chi connectivity index (χ0) is 24.7. The molecule has 6 aliphatic rings. The Morgan fingerprint density at radius 2 is 1.56 bits per heavy atom. The molecule has 182 valence electrons. The summed E-state index contributed by atoms with van der Waals surface area (Å²) in [6, 6.07) is 14.2. The lowest BCUT2D eigenvalue weighted by atomic mass is 9.63. The van der Waals surface area contributed by atoms with Crippen LogP contribution >= 0.6 is 0 Å². The molecule has 0 radical (unpaired) electrons. The third-order valence-electron chi connectivity index (χ3n) is 8.76. The standard InChI is InChI=1S/C29H26N2O5/c1-15-5-7-17(8-6-15)30-14-16(11-24(30)32)29(35)36-19-4-2-3-18(12-19)31-27(33)25-20-9-10-21(23-13-22(20)23)26(25)28(31)34/h2-10,12,16,20-23,25-26H,11,13-14H2,1H3/t16-,20+,21+,22+,23+,25-,26+/m0/s1. The average molecular weight is 483 g/mol. The van der Waals surface area contributed by atoms with Crippen LogP contribution in [0.2, 0.25) is 0 Å². The maximum absolute atomic E-state index is 13.4. The zero-order valence-electron chi connectivity index (χ0n) is 19.9. The lowest BCUT2D eigenvalue weighted by molar-refractivity contribution is -0.139. The summed E-state index contributed by atoms with van der Waals surface area (Å²) >= 11 is 0. The number of hydrogen-bond acceptors (Lipinski definition) is 5. The van der Waals surface area contributed by atoms with Crippen molar-refractivity contribution in [3.05, 3.63) is 66.2 Å². The predicted molar refractivity (Wildman–Crippen MR) is 131 cm³/mol. The maximum Gasteiger partial charge on any atom is 0.316 e. The number of ether oxygens (including phenoxy) is 1. The van der Waals surface area contributed by atoms with Crippen molar-refractivity contribution >= 4 is 35.1 Å². The minimum absolute atomic E-state index is 0.0803. The lowest BCUT2D eigenvalue weighted by Gasteiger charge is -2.37. The van der Waals surface area contributed by atoms with Crippen LogP contribution in [0, 0.1) is 48.3 Å². The third kappa shape index (κ3) is 3.11. The Labute approximate surface area is 208 Å². The van der Waals surface area contributed by atoms with E-state index in [1.54, 1.807) is 29.2 Å². The minimum Gasteiger partial charge on any atom is -0.426 e. The van der Waals surface area contributed by atoms with Crippen LogP contribution < -0.4 is 14.5 Å². The van der Waals surface area contributed by atoms with E-state index in [4.69, 9.17) is 4.74 Å². The van der Waals surface area contributed by atoms with Gasteiger partial charge in [0.15, 0.2) is 0 Å². The summed E-state index contributed by atoms with van der Waals surface area (Å²) in [4.78, 5) is 55.2. The molecule has 2 aromatic carbocycles. The largest absolute Gasteiger partial charge is 0.426 e. The van der Waals surface area contributed by atoms with Gasteiger partial charge in [0.05, 0.1) is 23.4 Å². The van der Waals surface area contributed by atoms with Crippen molar-refractivity contribution in [1.82, 2.24) is 0 Å². The van der Waals surface area contributed by atoms with Crippen molar-refractivity contribution in [2.24, 2.45) is 41.4 Å². The van der Waals surface area contributed by atoms with E-state index in [1.165, 1.54) is 4.90 Å². The van der Waals surface area contributed by atoms with Crippen molar-refractivity contribution in [1.29, 1.82) is 0 Å². The molecule has 2 aromatic rings. The number of carbonyl (C=O) groups is 4. The van der Waals surface area contributed by atoms with E-state index in [1.807, 2.05) is 31.2 Å². The first-order chi connectivity index (χ1) is 17.4. The molecular formula is C29H26N2O5. The molecule has 0 N–H and O–H groups in total. The van der Waals surface area contributed by atoms with Crippen molar-refractivity contribution in [2.45, 2.75) is 19.8 Å². The molecular weight excluding hydrogens is 456 g/mol. The molecule has 7 atom stereocenters. The molecule has 2 saturated heterocycles. The van der Waals surface area contributed by atoms with Gasteiger partial charge in [0.2, 0.25) is 17.7 Å². The number of allylic oxidation sites excluding steroid dienone is 2. The number of nitrogens with zero attached hydrogens (tertiary/aromatic N) is 2. The molecule has 0 aromatic heterocycles. The van der Waals surface area contributed by atoms with E-state index in [-0.39, 0.29) is 60.1 Å². The summed E-state index contributed by atoms with van der Waals surface area (Å²) < 4.78 is 5.64. The maximum atomic E-state index is 13.4. The fourth-order valence-corrected chi connectivity index (χ4v) is 6.94. The normalized spacial score (nSPS) is 33.7. The second kappa shape index (κ2) is 7.63. The second-order valence-electron chi connectivity index (χ2n) is 10.8. The van der Waals surface area contributed by atoms with Gasteiger partial charge in [0.1, 0.15) is 5.75 Å². The van der Waals surface area contributed by atoms with Gasteiger partial charge in [-0.2, -0.15) is 0 Å². The molecule has 2 bridgehead atoms. The summed E-state index contributed by atoms with van der Waals surface area (Å²) in [5.41, 5.74) is 2.29. The fourth-order valence-electron chi connectivity index (χ4n) is 6.94. The average Bonchev–Trinajstić information content (AvgIpc) is 3.55. The SMILES string of the molecule is Cc1ccc(N2C[C@@H](C(=O)Oc3cccc(N4C(=O)[C@@H]5[C@@H]6C=C[C@H]([C@H]7C[C@H]67)[C@@H]5C4=O)c3)CC2=O)cc1. The quantitative estimate of drug-likeness (QED) is 0.288. The number of rotatable bonds is 4. The first-order valence-electron chi connectivity index (χ1n) is 12.7. The van der Waals surface area contributed by atoms with E-state index >= 15 is 0 Å². The second-order valence-corrected chi connectivity index (χ2v) is 10.8. The van der Waals surface area contributed by atoms with E-state index in [0.717, 1.165) is 17.7 Å². The highest BCUT2D eigenvalue weighted by atomic mass is 16.5. The van der Waals surface area contributed by atoms with Gasteiger partial charge in [0.25, 0.3) is 0 Å². The number of benzene rings is 2. The highest BCUT2D eigenvalue weighted by Gasteiger charge is 2.67. The summed E-state index contributed by atoms with van der Waals surface area (Å²) in [7, 11) is 0. The van der Waals surface area contributed by atoms with Gasteiger partial charge < -0.3 is 9.64 Å². The van der Waals surface area contributed by atoms with Gasteiger partial charge in [-0.1, -0.05) is 35.9 Å². The van der Waals surface area contributed by atoms with E-state index in [9.17, 15) is 19.2 Å². The Balaban J connectivity index is 1.07. The van der Waals surface area contributed by atoms with Crippen LogP contribution in [0.25, 0.3) is 0 Å². The Morgan fingerprint density at radius 1 is 0.889 bits per heavy atom. The van der Waals surface area contributed by atoms with Crippen LogP contribution in [0.3, 0.4) is 0 Å². The van der Waals surface area contributed by atoms with Gasteiger partial charge in [-0.3, -0.25) is 19.2 Å². The Kier molecular flexibility index (Phi) is 4.56. The number of hydrogen-bond donors (Lipinski definition) is 0. The number of carbonyl (C=O) groups excluding carboxylic acids is 4. The van der Waals surface area contributed by atoms with Crippen LogP contribution in [0.15, 0.2) is 60.7 Å². The topological polar surface area (TPSA) is 84.0 Å². The Morgan fingerprint density at radius 3 is 2.22 bits per heavy atom. The molecule has 2 heterocycles. The van der Waals surface area contributed by atoms with Crippen LogP contribution in [0.5, 0.6) is 5.75 Å². The third-order valence-corrected chi connectivity index (χ3v) is 8.76. The summed E-state index contributed by atoms with van der Waals surface area (Å²) in [5.74, 6) is -0.393. The number of anilines is 2. The van der Waals surface area contributed by atoms with Gasteiger partial charge in [-0.25, -0.2) is 4.90 Å².